The number of nitrogens with one attached hydrogen (secondary N) is 1. The normalized spacial score (nSPS) is 12.8. The number of fused-ring (bicyclic) bond motifs is 1. The van der Waals surface area contributed by atoms with E-state index in [2.05, 4.69) is 58.8 Å². The first-order chi connectivity index (χ1) is 9.75. The highest BCUT2D eigenvalue weighted by Crippen LogP contribution is 2.31. The van der Waals surface area contributed by atoms with Crippen LogP contribution in [0.3, 0.4) is 0 Å². The van der Waals surface area contributed by atoms with Gasteiger partial charge in [-0.25, -0.2) is 9.97 Å². The molecule has 0 fully saturated rings. The molecule has 2 heterocycles. The molecule has 0 spiro atoms. The van der Waals surface area contributed by atoms with Crippen LogP contribution in [0.2, 0.25) is 0 Å². The summed E-state index contributed by atoms with van der Waals surface area (Å²) in [5, 5.41) is 5.64. The Labute approximate surface area is 122 Å². The molecule has 0 amide bonds. The van der Waals surface area contributed by atoms with Crippen LogP contribution < -0.4 is 5.32 Å². The van der Waals surface area contributed by atoms with Gasteiger partial charge in [-0.05, 0) is 22.9 Å². The standard InChI is InChI=1S/C16H17N3S/c1-11(2)14(12-6-4-3-5-7-12)19-16-15-13(8-9-20-15)17-10-18-16/h3-11,14H,1-2H3,(H,17,18,19)/t14-/m0/s1. The Morgan fingerprint density at radius 3 is 2.60 bits per heavy atom. The molecule has 0 bridgehead atoms. The molecule has 2 aromatic heterocycles. The van der Waals surface area contributed by atoms with Gasteiger partial charge in [0.15, 0.2) is 0 Å². The van der Waals surface area contributed by atoms with Crippen LogP contribution in [-0.4, -0.2) is 9.97 Å². The Bertz CT molecular complexity index is 691. The first kappa shape index (κ1) is 13.1. The van der Waals surface area contributed by atoms with Gasteiger partial charge in [0.1, 0.15) is 12.1 Å². The average molecular weight is 283 g/mol. The van der Waals surface area contributed by atoms with Crippen LogP contribution >= 0.6 is 11.3 Å². The van der Waals surface area contributed by atoms with Gasteiger partial charge in [-0.15, -0.1) is 11.3 Å². The van der Waals surface area contributed by atoms with Gasteiger partial charge in [0.25, 0.3) is 0 Å². The summed E-state index contributed by atoms with van der Waals surface area (Å²) in [5.41, 5.74) is 2.29. The number of hydrogen-bond donors (Lipinski definition) is 1. The summed E-state index contributed by atoms with van der Waals surface area (Å²) in [5.74, 6) is 1.40. The summed E-state index contributed by atoms with van der Waals surface area (Å²) in [6.07, 6.45) is 1.62. The minimum absolute atomic E-state index is 0.247. The third-order valence-corrected chi connectivity index (χ3v) is 4.27. The zero-order chi connectivity index (χ0) is 13.9. The van der Waals surface area contributed by atoms with Gasteiger partial charge in [-0.2, -0.15) is 0 Å². The zero-order valence-electron chi connectivity index (χ0n) is 11.6. The minimum atomic E-state index is 0.247. The van der Waals surface area contributed by atoms with E-state index in [0.717, 1.165) is 16.0 Å². The van der Waals surface area contributed by atoms with Crippen molar-refractivity contribution in [2.75, 3.05) is 5.32 Å². The lowest BCUT2D eigenvalue weighted by molar-refractivity contribution is 0.545. The zero-order valence-corrected chi connectivity index (χ0v) is 12.4. The SMILES string of the molecule is CC(C)[C@H](Nc1ncnc2ccsc12)c1ccccc1. The number of thiophene rings is 1. The van der Waals surface area contributed by atoms with E-state index in [1.54, 1.807) is 17.7 Å². The minimum Gasteiger partial charge on any atom is -0.362 e. The smallest absolute Gasteiger partial charge is 0.147 e. The molecule has 3 rings (SSSR count). The number of hydrogen-bond acceptors (Lipinski definition) is 4. The van der Waals surface area contributed by atoms with Gasteiger partial charge in [0.05, 0.1) is 16.3 Å². The van der Waals surface area contributed by atoms with Crippen molar-refractivity contribution in [1.29, 1.82) is 0 Å². The Morgan fingerprint density at radius 2 is 1.85 bits per heavy atom. The van der Waals surface area contributed by atoms with Gasteiger partial charge < -0.3 is 5.32 Å². The van der Waals surface area contributed by atoms with E-state index in [1.165, 1.54) is 5.56 Å². The molecule has 3 nitrogen and oxygen atoms in total. The molecule has 102 valence electrons. The maximum atomic E-state index is 4.42. The van der Waals surface area contributed by atoms with Crippen molar-refractivity contribution in [3.8, 4) is 0 Å². The maximum absolute atomic E-state index is 4.42. The number of anilines is 1. The third kappa shape index (κ3) is 2.51. The monoisotopic (exact) mass is 283 g/mol. The van der Waals surface area contributed by atoms with Crippen molar-refractivity contribution >= 4 is 27.4 Å². The Kier molecular flexibility index (Phi) is 3.65. The lowest BCUT2D eigenvalue weighted by atomic mass is 9.96. The predicted octanol–water partition coefficient (Wildman–Crippen LogP) is 4.50. The lowest BCUT2D eigenvalue weighted by Crippen LogP contribution is -2.17. The molecule has 0 aliphatic rings. The molecule has 4 heteroatoms. The second-order valence-corrected chi connectivity index (χ2v) is 6.05. The van der Waals surface area contributed by atoms with E-state index in [0.29, 0.717) is 5.92 Å². The second-order valence-electron chi connectivity index (χ2n) is 5.13. The van der Waals surface area contributed by atoms with Crippen LogP contribution in [0.5, 0.6) is 0 Å². The number of nitrogens with zero attached hydrogens (tertiary/aromatic N) is 2. The number of benzene rings is 1. The predicted molar refractivity (Wildman–Crippen MR) is 85.1 cm³/mol. The van der Waals surface area contributed by atoms with E-state index in [4.69, 9.17) is 0 Å². The summed E-state index contributed by atoms with van der Waals surface area (Å²) in [7, 11) is 0. The fourth-order valence-corrected chi connectivity index (χ4v) is 3.13. The van der Waals surface area contributed by atoms with Gasteiger partial charge in [0.2, 0.25) is 0 Å². The number of aromatic nitrogens is 2. The first-order valence-corrected chi connectivity index (χ1v) is 7.63. The van der Waals surface area contributed by atoms with Crippen molar-refractivity contribution < 1.29 is 0 Å². The van der Waals surface area contributed by atoms with Gasteiger partial charge in [-0.1, -0.05) is 44.2 Å². The fourth-order valence-electron chi connectivity index (χ4n) is 2.33. The lowest BCUT2D eigenvalue weighted by Gasteiger charge is -2.23. The quantitative estimate of drug-likeness (QED) is 0.766. The highest BCUT2D eigenvalue weighted by atomic mass is 32.1. The molecule has 1 N–H and O–H groups in total. The van der Waals surface area contributed by atoms with Gasteiger partial charge in [0, 0.05) is 0 Å². The van der Waals surface area contributed by atoms with Gasteiger partial charge in [-0.3, -0.25) is 0 Å². The van der Waals surface area contributed by atoms with E-state index in [-0.39, 0.29) is 6.04 Å². The first-order valence-electron chi connectivity index (χ1n) is 6.75. The van der Waals surface area contributed by atoms with E-state index in [9.17, 15) is 0 Å². The molecule has 0 aliphatic heterocycles. The molecule has 0 saturated heterocycles. The van der Waals surface area contributed by atoms with Crippen LogP contribution in [0.15, 0.2) is 48.1 Å². The van der Waals surface area contributed by atoms with Gasteiger partial charge >= 0.3 is 0 Å². The summed E-state index contributed by atoms with van der Waals surface area (Å²) >= 11 is 1.68. The molecule has 1 atom stereocenters. The number of rotatable bonds is 4. The second kappa shape index (κ2) is 5.59. The molecular formula is C16H17N3S. The van der Waals surface area contributed by atoms with Crippen molar-refractivity contribution in [1.82, 2.24) is 9.97 Å². The highest BCUT2D eigenvalue weighted by Gasteiger charge is 2.17. The molecule has 0 aliphatic carbocycles. The topological polar surface area (TPSA) is 37.8 Å². The van der Waals surface area contributed by atoms with E-state index >= 15 is 0 Å². The highest BCUT2D eigenvalue weighted by molar-refractivity contribution is 7.17. The van der Waals surface area contributed by atoms with Crippen LogP contribution in [0.1, 0.15) is 25.5 Å². The van der Waals surface area contributed by atoms with Crippen LogP contribution in [0, 0.1) is 5.92 Å². The Hall–Kier alpha value is -1.94. The maximum Gasteiger partial charge on any atom is 0.147 e. The largest absolute Gasteiger partial charge is 0.362 e. The summed E-state index contributed by atoms with van der Waals surface area (Å²) in [4.78, 5) is 8.70. The third-order valence-electron chi connectivity index (χ3n) is 3.36. The Morgan fingerprint density at radius 1 is 1.05 bits per heavy atom. The van der Waals surface area contributed by atoms with Crippen molar-refractivity contribution in [3.05, 3.63) is 53.7 Å². The molecule has 3 aromatic rings. The van der Waals surface area contributed by atoms with Crippen molar-refractivity contribution in [2.45, 2.75) is 19.9 Å². The molecular weight excluding hydrogens is 266 g/mol. The van der Waals surface area contributed by atoms with E-state index in [1.807, 2.05) is 12.1 Å². The molecule has 0 radical (unpaired) electrons. The van der Waals surface area contributed by atoms with E-state index < -0.39 is 0 Å². The molecule has 0 saturated carbocycles. The fraction of sp³-hybridized carbons (Fsp3) is 0.250. The van der Waals surface area contributed by atoms with Crippen molar-refractivity contribution in [2.24, 2.45) is 5.92 Å². The van der Waals surface area contributed by atoms with Crippen molar-refractivity contribution in [3.63, 3.8) is 0 Å². The average Bonchev–Trinajstić information content (AvgIpc) is 2.94. The molecule has 20 heavy (non-hydrogen) atoms. The van der Waals surface area contributed by atoms with Crippen LogP contribution in [0.25, 0.3) is 10.2 Å². The molecule has 0 unspecified atom stereocenters. The Balaban J connectivity index is 1.96. The van der Waals surface area contributed by atoms with Crippen LogP contribution in [-0.2, 0) is 0 Å². The van der Waals surface area contributed by atoms with Crippen LogP contribution in [0.4, 0.5) is 5.82 Å². The summed E-state index contributed by atoms with van der Waals surface area (Å²) < 4.78 is 1.12. The summed E-state index contributed by atoms with van der Waals surface area (Å²) in [6, 6.07) is 12.8. The molecule has 1 aromatic carbocycles. The summed E-state index contributed by atoms with van der Waals surface area (Å²) in [6.45, 7) is 4.44.